The normalized spacial score (nSPS) is 13.5. The lowest BCUT2D eigenvalue weighted by atomic mass is 10.2. The molecule has 0 saturated carbocycles. The highest BCUT2D eigenvalue weighted by molar-refractivity contribution is 7.87. The van der Waals surface area contributed by atoms with E-state index in [1.165, 1.54) is 0 Å². The smallest absolute Gasteiger partial charge is 0.322 e. The minimum absolute atomic E-state index is 0.0977. The Morgan fingerprint density at radius 1 is 1.32 bits per heavy atom. The SMILES string of the molecule is CCC(C(=O)OCc1ccccc1)S(=O)CC(=O)O. The summed E-state index contributed by atoms with van der Waals surface area (Å²) in [6, 6.07) is 9.11. The number of carbonyl (C=O) groups is 2. The van der Waals surface area contributed by atoms with Crippen molar-refractivity contribution in [1.29, 1.82) is 0 Å². The molecule has 1 N–H and O–H groups in total. The lowest BCUT2D eigenvalue weighted by Gasteiger charge is -2.12. The number of carboxylic acids is 1. The molecule has 0 saturated heterocycles. The molecular weight excluding hydrogens is 268 g/mol. The minimum Gasteiger partial charge on any atom is -0.481 e. The summed E-state index contributed by atoms with van der Waals surface area (Å²) in [5.74, 6) is -2.35. The van der Waals surface area contributed by atoms with Gasteiger partial charge in [0.2, 0.25) is 0 Å². The lowest BCUT2D eigenvalue weighted by molar-refractivity contribution is -0.144. The van der Waals surface area contributed by atoms with Crippen LogP contribution in [0.2, 0.25) is 0 Å². The molecule has 0 aliphatic heterocycles. The topological polar surface area (TPSA) is 80.7 Å². The highest BCUT2D eigenvalue weighted by Gasteiger charge is 2.26. The summed E-state index contributed by atoms with van der Waals surface area (Å²) in [6.07, 6.45) is 0.285. The molecule has 104 valence electrons. The molecule has 1 rings (SSSR count). The molecule has 0 amide bonds. The van der Waals surface area contributed by atoms with Crippen molar-refractivity contribution in [1.82, 2.24) is 0 Å². The van der Waals surface area contributed by atoms with Gasteiger partial charge >= 0.3 is 11.9 Å². The van der Waals surface area contributed by atoms with Crippen LogP contribution in [0, 0.1) is 0 Å². The highest BCUT2D eigenvalue weighted by Crippen LogP contribution is 2.08. The van der Waals surface area contributed by atoms with Crippen LogP contribution in [0.4, 0.5) is 0 Å². The first-order valence-electron chi connectivity index (χ1n) is 5.84. The zero-order chi connectivity index (χ0) is 14.3. The van der Waals surface area contributed by atoms with E-state index in [1.807, 2.05) is 30.3 Å². The minimum atomic E-state index is -1.75. The second kappa shape index (κ2) is 7.68. The summed E-state index contributed by atoms with van der Waals surface area (Å²) in [5, 5.41) is 7.68. The first-order chi connectivity index (χ1) is 9.04. The van der Waals surface area contributed by atoms with Gasteiger partial charge in [-0.25, -0.2) is 0 Å². The van der Waals surface area contributed by atoms with Crippen LogP contribution in [0.3, 0.4) is 0 Å². The van der Waals surface area contributed by atoms with Crippen LogP contribution in [-0.4, -0.2) is 32.3 Å². The van der Waals surface area contributed by atoms with Crippen LogP contribution in [0.5, 0.6) is 0 Å². The van der Waals surface area contributed by atoms with Gasteiger partial charge < -0.3 is 9.84 Å². The second-order valence-electron chi connectivity index (χ2n) is 3.91. The van der Waals surface area contributed by atoms with Crippen molar-refractivity contribution < 1.29 is 23.6 Å². The number of hydrogen-bond acceptors (Lipinski definition) is 4. The Kier molecular flexibility index (Phi) is 6.21. The summed E-state index contributed by atoms with van der Waals surface area (Å²) in [5.41, 5.74) is 0.828. The zero-order valence-electron chi connectivity index (χ0n) is 10.6. The number of aliphatic carboxylic acids is 1. The molecule has 19 heavy (non-hydrogen) atoms. The van der Waals surface area contributed by atoms with E-state index in [2.05, 4.69) is 0 Å². The molecule has 0 spiro atoms. The van der Waals surface area contributed by atoms with Gasteiger partial charge in [0.15, 0.2) is 0 Å². The summed E-state index contributed by atoms with van der Waals surface area (Å²) >= 11 is 0. The van der Waals surface area contributed by atoms with E-state index in [0.717, 1.165) is 5.56 Å². The van der Waals surface area contributed by atoms with E-state index in [9.17, 15) is 13.8 Å². The van der Waals surface area contributed by atoms with Gasteiger partial charge in [-0.15, -0.1) is 0 Å². The van der Waals surface area contributed by atoms with Crippen molar-refractivity contribution in [3.05, 3.63) is 35.9 Å². The molecule has 0 aliphatic carbocycles. The summed E-state index contributed by atoms with van der Waals surface area (Å²) in [6.45, 7) is 1.77. The van der Waals surface area contributed by atoms with Gasteiger partial charge in [-0.3, -0.25) is 13.8 Å². The Balaban J connectivity index is 2.55. The third-order valence-corrected chi connectivity index (χ3v) is 4.13. The van der Waals surface area contributed by atoms with E-state index >= 15 is 0 Å². The van der Waals surface area contributed by atoms with Crippen molar-refractivity contribution in [3.8, 4) is 0 Å². The Bertz CT molecular complexity index is 457. The Hall–Kier alpha value is -1.69. The van der Waals surface area contributed by atoms with Gasteiger partial charge in [0.25, 0.3) is 0 Å². The molecular formula is C13H16O5S. The van der Waals surface area contributed by atoms with Crippen LogP contribution in [0.15, 0.2) is 30.3 Å². The molecule has 0 radical (unpaired) electrons. The van der Waals surface area contributed by atoms with Crippen LogP contribution in [0.1, 0.15) is 18.9 Å². The fraction of sp³-hybridized carbons (Fsp3) is 0.385. The zero-order valence-corrected chi connectivity index (χ0v) is 11.4. The number of esters is 1. The molecule has 1 aromatic rings. The molecule has 0 aromatic heterocycles. The molecule has 2 unspecified atom stereocenters. The van der Waals surface area contributed by atoms with Crippen molar-refractivity contribution in [2.45, 2.75) is 25.2 Å². The maximum Gasteiger partial charge on any atom is 0.322 e. The summed E-state index contributed by atoms with van der Waals surface area (Å²) in [4.78, 5) is 22.2. The van der Waals surface area contributed by atoms with Crippen molar-refractivity contribution in [2.75, 3.05) is 5.75 Å². The van der Waals surface area contributed by atoms with Crippen LogP contribution in [-0.2, 0) is 31.7 Å². The second-order valence-corrected chi connectivity index (χ2v) is 5.53. The van der Waals surface area contributed by atoms with Crippen LogP contribution in [0.25, 0.3) is 0 Å². The van der Waals surface area contributed by atoms with Gasteiger partial charge in [-0.05, 0) is 12.0 Å². The molecule has 0 fully saturated rings. The van der Waals surface area contributed by atoms with Gasteiger partial charge in [0, 0.05) is 10.8 Å². The van der Waals surface area contributed by atoms with E-state index in [-0.39, 0.29) is 13.0 Å². The average Bonchev–Trinajstić information content (AvgIpc) is 2.37. The number of carbonyl (C=O) groups excluding carboxylic acids is 1. The summed E-state index contributed by atoms with van der Waals surface area (Å²) in [7, 11) is -1.75. The Morgan fingerprint density at radius 2 is 1.95 bits per heavy atom. The molecule has 1 aromatic carbocycles. The molecule has 2 atom stereocenters. The van der Waals surface area contributed by atoms with Crippen molar-refractivity contribution in [3.63, 3.8) is 0 Å². The van der Waals surface area contributed by atoms with Gasteiger partial charge in [0.05, 0.1) is 0 Å². The van der Waals surface area contributed by atoms with Gasteiger partial charge in [-0.2, -0.15) is 0 Å². The Morgan fingerprint density at radius 3 is 2.47 bits per heavy atom. The number of rotatable bonds is 7. The standard InChI is InChI=1S/C13H16O5S/c1-2-11(19(17)9-12(14)15)13(16)18-8-10-6-4-3-5-7-10/h3-7,11H,2,8-9H2,1H3,(H,14,15). The summed E-state index contributed by atoms with van der Waals surface area (Å²) < 4.78 is 16.7. The number of benzene rings is 1. The van der Waals surface area contributed by atoms with Gasteiger partial charge in [0.1, 0.15) is 17.6 Å². The van der Waals surface area contributed by atoms with Crippen molar-refractivity contribution in [2.24, 2.45) is 0 Å². The number of ether oxygens (including phenoxy) is 1. The quantitative estimate of drug-likeness (QED) is 0.764. The van der Waals surface area contributed by atoms with Crippen LogP contribution >= 0.6 is 0 Å². The third-order valence-electron chi connectivity index (χ3n) is 2.44. The van der Waals surface area contributed by atoms with E-state index in [4.69, 9.17) is 9.84 Å². The van der Waals surface area contributed by atoms with Gasteiger partial charge in [-0.1, -0.05) is 37.3 Å². The lowest BCUT2D eigenvalue weighted by Crippen LogP contribution is -2.30. The number of hydrogen-bond donors (Lipinski definition) is 1. The average molecular weight is 284 g/mol. The predicted molar refractivity (Wildman–Crippen MR) is 71.0 cm³/mol. The first kappa shape index (κ1) is 15.4. The molecule has 0 aliphatic rings. The molecule has 5 nitrogen and oxygen atoms in total. The molecule has 0 bridgehead atoms. The first-order valence-corrected chi connectivity index (χ1v) is 7.22. The monoisotopic (exact) mass is 284 g/mol. The maximum absolute atomic E-state index is 11.8. The van der Waals surface area contributed by atoms with E-state index in [0.29, 0.717) is 0 Å². The van der Waals surface area contributed by atoms with E-state index < -0.39 is 33.7 Å². The fourth-order valence-corrected chi connectivity index (χ4v) is 2.60. The van der Waals surface area contributed by atoms with E-state index in [1.54, 1.807) is 6.92 Å². The predicted octanol–water partition coefficient (Wildman–Crippen LogP) is 1.34. The highest BCUT2D eigenvalue weighted by atomic mass is 32.2. The molecule has 6 heteroatoms. The van der Waals surface area contributed by atoms with Crippen LogP contribution < -0.4 is 0 Å². The van der Waals surface area contributed by atoms with Crippen molar-refractivity contribution >= 4 is 22.7 Å². The number of carboxylic acid groups (broad SMARTS) is 1. The largest absolute Gasteiger partial charge is 0.481 e. The third kappa shape index (κ3) is 5.21. The fourth-order valence-electron chi connectivity index (χ4n) is 1.50. The molecule has 0 heterocycles. The maximum atomic E-state index is 11.8. The Labute approximate surface area is 114 Å².